The highest BCUT2D eigenvalue weighted by Crippen LogP contribution is 2.32. The molecule has 3 aromatic rings. The van der Waals surface area contributed by atoms with E-state index in [1.807, 2.05) is 6.07 Å². The predicted octanol–water partition coefficient (Wildman–Crippen LogP) is 3.27. The third-order valence-corrected chi connectivity index (χ3v) is 7.89. The fourth-order valence-electron chi connectivity index (χ4n) is 4.04. The number of urea groups is 1. The summed E-state index contributed by atoms with van der Waals surface area (Å²) in [5.74, 6) is -1.19. The van der Waals surface area contributed by atoms with E-state index in [2.05, 4.69) is 5.32 Å². The molecule has 1 N–H and O–H groups in total. The molecule has 0 radical (unpaired) electrons. The van der Waals surface area contributed by atoms with Crippen molar-refractivity contribution < 1.29 is 27.5 Å². The number of hydrogen-bond acceptors (Lipinski definition) is 6. The van der Waals surface area contributed by atoms with E-state index in [0.29, 0.717) is 17.7 Å². The van der Waals surface area contributed by atoms with Gasteiger partial charge in [-0.05, 0) is 48.4 Å². The van der Waals surface area contributed by atoms with Crippen LogP contribution in [0.25, 0.3) is 0 Å². The van der Waals surface area contributed by atoms with Gasteiger partial charge in [0.15, 0.2) is 0 Å². The maximum atomic E-state index is 13.2. The van der Waals surface area contributed by atoms with E-state index in [1.54, 1.807) is 49.4 Å². The highest BCUT2D eigenvalue weighted by molar-refractivity contribution is 7.92. The van der Waals surface area contributed by atoms with Gasteiger partial charge in [-0.2, -0.15) is 0 Å². The second kappa shape index (κ2) is 9.82. The first-order chi connectivity index (χ1) is 17.2. The van der Waals surface area contributed by atoms with E-state index in [0.717, 1.165) is 9.21 Å². The Balaban J connectivity index is 1.44. The SMILES string of the molecule is CC[C@@]1(c2ccccc2)NC(=O)N(CC(=O)Oc2ccc(N(C)S(=O)(=O)c3ccccc3)cc2)C1=O. The van der Waals surface area contributed by atoms with Gasteiger partial charge in [0.2, 0.25) is 0 Å². The first kappa shape index (κ1) is 24.9. The number of benzene rings is 3. The smallest absolute Gasteiger partial charge is 0.331 e. The molecule has 9 nitrogen and oxygen atoms in total. The fraction of sp³-hybridized carbons (Fsp3) is 0.192. The quantitative estimate of drug-likeness (QED) is 0.284. The number of esters is 1. The monoisotopic (exact) mass is 507 g/mol. The molecule has 0 spiro atoms. The molecular formula is C26H25N3O6S. The Hall–Kier alpha value is -4.18. The normalized spacial score (nSPS) is 17.6. The van der Waals surface area contributed by atoms with E-state index in [9.17, 15) is 22.8 Å². The topological polar surface area (TPSA) is 113 Å². The van der Waals surface area contributed by atoms with Crippen molar-refractivity contribution in [2.45, 2.75) is 23.8 Å². The summed E-state index contributed by atoms with van der Waals surface area (Å²) in [5.41, 5.74) is -0.245. The Bertz CT molecular complexity index is 1380. The lowest BCUT2D eigenvalue weighted by molar-refractivity contribution is -0.141. The molecule has 1 saturated heterocycles. The minimum atomic E-state index is -3.76. The largest absolute Gasteiger partial charge is 0.425 e. The molecule has 3 amide bonds. The lowest BCUT2D eigenvalue weighted by Gasteiger charge is -2.25. The average molecular weight is 508 g/mol. The molecule has 0 bridgehead atoms. The van der Waals surface area contributed by atoms with Crippen molar-refractivity contribution in [3.63, 3.8) is 0 Å². The molecule has 1 atom stereocenters. The second-order valence-electron chi connectivity index (χ2n) is 8.20. The van der Waals surface area contributed by atoms with Crippen LogP contribution >= 0.6 is 0 Å². The summed E-state index contributed by atoms with van der Waals surface area (Å²) in [6, 6.07) is 22.1. The van der Waals surface area contributed by atoms with Crippen LogP contribution in [0.4, 0.5) is 10.5 Å². The maximum absolute atomic E-state index is 13.2. The molecule has 1 fully saturated rings. The standard InChI is InChI=1S/C26H25N3O6S/c1-3-26(19-10-6-4-7-11-19)24(31)29(25(32)27-26)18-23(30)35-21-16-14-20(15-17-21)28(2)36(33,34)22-12-8-5-9-13-22/h4-17H,3,18H2,1-2H3,(H,27,32)/t26-/m0/s1. The Morgan fingerprint density at radius 3 is 2.11 bits per heavy atom. The van der Waals surface area contributed by atoms with Crippen LogP contribution in [0.15, 0.2) is 89.8 Å². The summed E-state index contributed by atoms with van der Waals surface area (Å²) in [6.45, 7) is 1.22. The van der Waals surface area contributed by atoms with Crippen molar-refractivity contribution in [3.05, 3.63) is 90.5 Å². The summed E-state index contributed by atoms with van der Waals surface area (Å²) in [7, 11) is -2.33. The van der Waals surface area contributed by atoms with Gasteiger partial charge in [-0.15, -0.1) is 0 Å². The molecular weight excluding hydrogens is 482 g/mol. The van der Waals surface area contributed by atoms with Crippen LogP contribution in [0.3, 0.4) is 0 Å². The van der Waals surface area contributed by atoms with Gasteiger partial charge in [0, 0.05) is 7.05 Å². The van der Waals surface area contributed by atoms with Crippen LogP contribution in [0, 0.1) is 0 Å². The molecule has 36 heavy (non-hydrogen) atoms. The van der Waals surface area contributed by atoms with E-state index < -0.39 is 40.0 Å². The van der Waals surface area contributed by atoms with Crippen LogP contribution in [0.1, 0.15) is 18.9 Å². The van der Waals surface area contributed by atoms with Gasteiger partial charge in [0.1, 0.15) is 17.8 Å². The van der Waals surface area contributed by atoms with Crippen molar-refractivity contribution in [1.82, 2.24) is 10.2 Å². The minimum Gasteiger partial charge on any atom is -0.425 e. The van der Waals surface area contributed by atoms with E-state index in [4.69, 9.17) is 4.74 Å². The molecule has 1 aliphatic rings. The minimum absolute atomic E-state index is 0.145. The number of hydrogen-bond donors (Lipinski definition) is 1. The molecule has 4 rings (SSSR count). The molecule has 1 heterocycles. The number of rotatable bonds is 8. The van der Waals surface area contributed by atoms with Crippen molar-refractivity contribution >= 4 is 33.6 Å². The van der Waals surface area contributed by atoms with Crippen LogP contribution < -0.4 is 14.4 Å². The Kier molecular flexibility index (Phi) is 6.80. The van der Waals surface area contributed by atoms with Crippen molar-refractivity contribution in [3.8, 4) is 5.75 Å². The number of imide groups is 1. The number of nitrogens with zero attached hydrogens (tertiary/aromatic N) is 2. The zero-order valence-electron chi connectivity index (χ0n) is 19.7. The van der Waals surface area contributed by atoms with Crippen molar-refractivity contribution in [1.29, 1.82) is 0 Å². The number of carbonyl (C=O) groups is 3. The van der Waals surface area contributed by atoms with Gasteiger partial charge >= 0.3 is 12.0 Å². The zero-order chi connectivity index (χ0) is 25.9. The highest BCUT2D eigenvalue weighted by atomic mass is 32.2. The van der Waals surface area contributed by atoms with Gasteiger partial charge in [0.05, 0.1) is 10.6 Å². The van der Waals surface area contributed by atoms with E-state index in [1.165, 1.54) is 43.4 Å². The highest BCUT2D eigenvalue weighted by Gasteiger charge is 2.51. The van der Waals surface area contributed by atoms with E-state index in [-0.39, 0.29) is 10.6 Å². The summed E-state index contributed by atoms with van der Waals surface area (Å²) < 4.78 is 32.0. The molecule has 0 aromatic heterocycles. The van der Waals surface area contributed by atoms with E-state index >= 15 is 0 Å². The number of anilines is 1. The van der Waals surface area contributed by atoms with Crippen LogP contribution in [-0.2, 0) is 25.2 Å². The molecule has 0 saturated carbocycles. The Morgan fingerprint density at radius 1 is 0.944 bits per heavy atom. The first-order valence-corrected chi connectivity index (χ1v) is 12.7. The van der Waals surface area contributed by atoms with Crippen molar-refractivity contribution in [2.75, 3.05) is 17.9 Å². The maximum Gasteiger partial charge on any atom is 0.331 e. The summed E-state index contributed by atoms with van der Waals surface area (Å²) in [4.78, 5) is 39.3. The van der Waals surface area contributed by atoms with Gasteiger partial charge in [0.25, 0.3) is 15.9 Å². The number of carbonyl (C=O) groups excluding carboxylic acids is 3. The number of amides is 3. The molecule has 0 aliphatic carbocycles. The van der Waals surface area contributed by atoms with Gasteiger partial charge in [-0.25, -0.2) is 18.0 Å². The first-order valence-electron chi connectivity index (χ1n) is 11.2. The van der Waals surface area contributed by atoms with Gasteiger partial charge < -0.3 is 10.1 Å². The van der Waals surface area contributed by atoms with Crippen molar-refractivity contribution in [2.24, 2.45) is 0 Å². The molecule has 3 aromatic carbocycles. The molecule has 10 heteroatoms. The predicted molar refractivity (Wildman–Crippen MR) is 133 cm³/mol. The average Bonchev–Trinajstić information content (AvgIpc) is 3.14. The Labute approximate surface area is 209 Å². The fourth-order valence-corrected chi connectivity index (χ4v) is 5.25. The molecule has 186 valence electrons. The number of sulfonamides is 1. The van der Waals surface area contributed by atoms with Crippen LogP contribution in [0.5, 0.6) is 5.75 Å². The summed E-state index contributed by atoms with van der Waals surface area (Å²) in [6.07, 6.45) is 0.313. The van der Waals surface area contributed by atoms with Gasteiger partial charge in [-0.3, -0.25) is 14.0 Å². The third kappa shape index (κ3) is 4.55. The second-order valence-corrected chi connectivity index (χ2v) is 10.2. The Morgan fingerprint density at radius 2 is 1.53 bits per heavy atom. The third-order valence-electron chi connectivity index (χ3n) is 6.09. The molecule has 1 aliphatic heterocycles. The number of nitrogens with one attached hydrogen (secondary N) is 1. The lowest BCUT2D eigenvalue weighted by atomic mass is 9.87. The lowest BCUT2D eigenvalue weighted by Crippen LogP contribution is -2.44. The number of ether oxygens (including phenoxy) is 1. The summed E-state index contributed by atoms with van der Waals surface area (Å²) >= 11 is 0. The van der Waals surface area contributed by atoms with Crippen LogP contribution in [-0.4, -0.2) is 44.8 Å². The zero-order valence-corrected chi connectivity index (χ0v) is 20.6. The van der Waals surface area contributed by atoms with Gasteiger partial charge in [-0.1, -0.05) is 55.5 Å². The molecule has 0 unspecified atom stereocenters. The summed E-state index contributed by atoms with van der Waals surface area (Å²) in [5, 5.41) is 2.72. The van der Waals surface area contributed by atoms with Crippen LogP contribution in [0.2, 0.25) is 0 Å².